The standard InChI is InChI=1S/C10H14ClN3O/c1-7-12-9(11)5-10(13-7)15-8-3-4-14(2)6-8/h5,8H,3-4,6H2,1-2H3. The molecule has 4 nitrogen and oxygen atoms in total. The van der Waals surface area contributed by atoms with E-state index in [2.05, 4.69) is 21.9 Å². The van der Waals surface area contributed by atoms with Gasteiger partial charge in [0.15, 0.2) is 0 Å². The highest BCUT2D eigenvalue weighted by molar-refractivity contribution is 6.29. The minimum Gasteiger partial charge on any atom is -0.473 e. The Morgan fingerprint density at radius 2 is 2.33 bits per heavy atom. The Labute approximate surface area is 94.2 Å². The first-order valence-electron chi connectivity index (χ1n) is 5.00. The maximum absolute atomic E-state index is 5.82. The van der Waals surface area contributed by atoms with E-state index in [1.807, 2.05) is 0 Å². The molecule has 1 aromatic heterocycles. The molecule has 0 N–H and O–H groups in total. The molecule has 82 valence electrons. The molecule has 0 radical (unpaired) electrons. The highest BCUT2D eigenvalue weighted by Crippen LogP contribution is 2.18. The zero-order valence-electron chi connectivity index (χ0n) is 8.90. The normalized spacial score (nSPS) is 21.9. The van der Waals surface area contributed by atoms with E-state index in [-0.39, 0.29) is 6.10 Å². The smallest absolute Gasteiger partial charge is 0.218 e. The summed E-state index contributed by atoms with van der Waals surface area (Å²) in [6.45, 7) is 3.82. The number of hydrogen-bond donors (Lipinski definition) is 0. The number of rotatable bonds is 2. The summed E-state index contributed by atoms with van der Waals surface area (Å²) in [7, 11) is 2.08. The molecule has 1 saturated heterocycles. The van der Waals surface area contributed by atoms with Gasteiger partial charge in [-0.1, -0.05) is 11.6 Å². The van der Waals surface area contributed by atoms with Crippen LogP contribution in [0.25, 0.3) is 0 Å². The second kappa shape index (κ2) is 4.33. The van der Waals surface area contributed by atoms with Crippen molar-refractivity contribution in [3.8, 4) is 5.88 Å². The minimum absolute atomic E-state index is 0.223. The Morgan fingerprint density at radius 3 is 2.93 bits per heavy atom. The predicted octanol–water partition coefficient (Wildman–Crippen LogP) is 1.52. The summed E-state index contributed by atoms with van der Waals surface area (Å²) in [4.78, 5) is 10.4. The zero-order chi connectivity index (χ0) is 10.8. The molecule has 0 bridgehead atoms. The van der Waals surface area contributed by atoms with E-state index in [0.29, 0.717) is 16.9 Å². The van der Waals surface area contributed by atoms with Crippen molar-refractivity contribution in [2.45, 2.75) is 19.4 Å². The van der Waals surface area contributed by atoms with Gasteiger partial charge in [0.25, 0.3) is 0 Å². The molecule has 1 fully saturated rings. The van der Waals surface area contributed by atoms with Gasteiger partial charge in [-0.3, -0.25) is 0 Å². The molecule has 1 aliphatic heterocycles. The van der Waals surface area contributed by atoms with Gasteiger partial charge < -0.3 is 9.64 Å². The Kier molecular flexibility index (Phi) is 3.07. The fraction of sp³-hybridized carbons (Fsp3) is 0.600. The number of likely N-dealkylation sites (tertiary alicyclic amines) is 1. The number of aromatic nitrogens is 2. The first kappa shape index (κ1) is 10.6. The SMILES string of the molecule is Cc1nc(Cl)cc(OC2CCN(C)C2)n1. The molecule has 0 aromatic carbocycles. The van der Waals surface area contributed by atoms with Crippen molar-refractivity contribution >= 4 is 11.6 Å². The fourth-order valence-electron chi connectivity index (χ4n) is 1.73. The molecule has 1 aliphatic rings. The molecule has 5 heteroatoms. The first-order chi connectivity index (χ1) is 7.13. The summed E-state index contributed by atoms with van der Waals surface area (Å²) in [5.74, 6) is 1.22. The van der Waals surface area contributed by atoms with Crippen molar-refractivity contribution in [3.63, 3.8) is 0 Å². The lowest BCUT2D eigenvalue weighted by atomic mass is 10.3. The summed E-state index contributed by atoms with van der Waals surface area (Å²) in [5.41, 5.74) is 0. The molecule has 15 heavy (non-hydrogen) atoms. The molecule has 0 amide bonds. The summed E-state index contributed by atoms with van der Waals surface area (Å²) in [6.07, 6.45) is 1.26. The van der Waals surface area contributed by atoms with Crippen molar-refractivity contribution < 1.29 is 4.74 Å². The van der Waals surface area contributed by atoms with Crippen LogP contribution in [-0.2, 0) is 0 Å². The minimum atomic E-state index is 0.223. The fourth-order valence-corrected chi connectivity index (χ4v) is 1.94. The van der Waals surface area contributed by atoms with Crippen LogP contribution in [0.15, 0.2) is 6.07 Å². The van der Waals surface area contributed by atoms with E-state index in [4.69, 9.17) is 16.3 Å². The van der Waals surface area contributed by atoms with Crippen molar-refractivity contribution in [2.75, 3.05) is 20.1 Å². The van der Waals surface area contributed by atoms with Crippen LogP contribution >= 0.6 is 11.6 Å². The van der Waals surface area contributed by atoms with Crippen LogP contribution in [0.4, 0.5) is 0 Å². The zero-order valence-corrected chi connectivity index (χ0v) is 9.66. The van der Waals surface area contributed by atoms with Crippen LogP contribution in [0.3, 0.4) is 0 Å². The highest BCUT2D eigenvalue weighted by Gasteiger charge is 2.21. The van der Waals surface area contributed by atoms with E-state index < -0.39 is 0 Å². The maximum Gasteiger partial charge on any atom is 0.218 e. The second-order valence-electron chi connectivity index (χ2n) is 3.87. The molecule has 2 rings (SSSR count). The number of ether oxygens (including phenoxy) is 1. The van der Waals surface area contributed by atoms with Crippen LogP contribution in [-0.4, -0.2) is 41.1 Å². The van der Waals surface area contributed by atoms with E-state index >= 15 is 0 Å². The molecule has 0 aliphatic carbocycles. The number of aryl methyl sites for hydroxylation is 1. The van der Waals surface area contributed by atoms with Crippen LogP contribution in [0.5, 0.6) is 5.88 Å². The summed E-state index contributed by atoms with van der Waals surface area (Å²) in [5, 5.41) is 0.434. The van der Waals surface area contributed by atoms with Gasteiger partial charge in [0, 0.05) is 19.2 Å². The van der Waals surface area contributed by atoms with Crippen LogP contribution < -0.4 is 4.74 Å². The molecular weight excluding hydrogens is 214 g/mol. The molecule has 1 unspecified atom stereocenters. The van der Waals surface area contributed by atoms with Gasteiger partial charge in [-0.2, -0.15) is 4.98 Å². The summed E-state index contributed by atoms with van der Waals surface area (Å²) < 4.78 is 5.73. The topological polar surface area (TPSA) is 38.2 Å². The van der Waals surface area contributed by atoms with Crippen LogP contribution in [0.2, 0.25) is 5.15 Å². The van der Waals surface area contributed by atoms with Gasteiger partial charge in [-0.05, 0) is 20.4 Å². The Balaban J connectivity index is 2.04. The lowest BCUT2D eigenvalue weighted by Crippen LogP contribution is -2.21. The van der Waals surface area contributed by atoms with E-state index in [1.54, 1.807) is 13.0 Å². The maximum atomic E-state index is 5.82. The average Bonchev–Trinajstić information content (AvgIpc) is 2.49. The van der Waals surface area contributed by atoms with E-state index in [1.165, 1.54) is 0 Å². The van der Waals surface area contributed by atoms with Gasteiger partial charge in [-0.25, -0.2) is 4.98 Å². The predicted molar refractivity (Wildman–Crippen MR) is 58.3 cm³/mol. The van der Waals surface area contributed by atoms with Gasteiger partial charge in [0.05, 0.1) is 0 Å². The number of likely N-dealkylation sites (N-methyl/N-ethyl adjacent to an activating group) is 1. The van der Waals surface area contributed by atoms with Gasteiger partial charge in [0.2, 0.25) is 5.88 Å². The lowest BCUT2D eigenvalue weighted by Gasteiger charge is -2.12. The van der Waals surface area contributed by atoms with Crippen molar-refractivity contribution in [3.05, 3.63) is 17.0 Å². The average molecular weight is 228 g/mol. The van der Waals surface area contributed by atoms with Crippen LogP contribution in [0.1, 0.15) is 12.2 Å². The van der Waals surface area contributed by atoms with Gasteiger partial charge >= 0.3 is 0 Å². The molecule has 1 atom stereocenters. The quantitative estimate of drug-likeness (QED) is 0.719. The molecule has 0 spiro atoms. The molecule has 1 aromatic rings. The first-order valence-corrected chi connectivity index (χ1v) is 5.37. The third-order valence-corrected chi connectivity index (χ3v) is 2.61. The van der Waals surface area contributed by atoms with Crippen LogP contribution in [0, 0.1) is 6.92 Å². The molecular formula is C10H14ClN3O. The van der Waals surface area contributed by atoms with Gasteiger partial charge in [0.1, 0.15) is 17.1 Å². The summed E-state index contributed by atoms with van der Waals surface area (Å²) in [6, 6.07) is 1.66. The molecule has 2 heterocycles. The second-order valence-corrected chi connectivity index (χ2v) is 4.25. The van der Waals surface area contributed by atoms with Crippen molar-refractivity contribution in [1.29, 1.82) is 0 Å². The Morgan fingerprint density at radius 1 is 1.53 bits per heavy atom. The van der Waals surface area contributed by atoms with Crippen molar-refractivity contribution in [1.82, 2.24) is 14.9 Å². The number of nitrogens with zero attached hydrogens (tertiary/aromatic N) is 3. The lowest BCUT2D eigenvalue weighted by molar-refractivity contribution is 0.199. The Hall–Kier alpha value is -0.870. The monoisotopic (exact) mass is 227 g/mol. The molecule has 0 saturated carbocycles. The largest absolute Gasteiger partial charge is 0.473 e. The Bertz CT molecular complexity index is 338. The van der Waals surface area contributed by atoms with E-state index in [9.17, 15) is 0 Å². The highest BCUT2D eigenvalue weighted by atomic mass is 35.5. The number of halogens is 1. The third kappa shape index (κ3) is 2.79. The van der Waals surface area contributed by atoms with E-state index in [0.717, 1.165) is 19.5 Å². The van der Waals surface area contributed by atoms with Gasteiger partial charge in [-0.15, -0.1) is 0 Å². The summed E-state index contributed by atoms with van der Waals surface area (Å²) >= 11 is 5.82. The number of hydrogen-bond acceptors (Lipinski definition) is 4. The third-order valence-electron chi connectivity index (χ3n) is 2.42. The van der Waals surface area contributed by atoms with Crippen molar-refractivity contribution in [2.24, 2.45) is 0 Å².